The van der Waals surface area contributed by atoms with Gasteiger partial charge in [0.05, 0.1) is 26.8 Å². The second kappa shape index (κ2) is 9.16. The highest BCUT2D eigenvalue weighted by atomic mass is 35.5. The van der Waals surface area contributed by atoms with Crippen LogP contribution in [0.5, 0.6) is 0 Å². The lowest BCUT2D eigenvalue weighted by molar-refractivity contribution is 0.102. The zero-order valence-corrected chi connectivity index (χ0v) is 17.5. The minimum atomic E-state index is -0.373. The minimum Gasteiger partial charge on any atom is -0.384 e. The second-order valence-electron chi connectivity index (χ2n) is 6.77. The number of para-hydroxylation sites is 1. The predicted octanol–water partition coefficient (Wildman–Crippen LogP) is 6.45. The Hall–Kier alpha value is -3.08. The number of nitrogens with zero attached hydrogens (tertiary/aromatic N) is 1. The summed E-state index contributed by atoms with van der Waals surface area (Å²) in [7, 11) is 0. The fraction of sp³-hybridized carbons (Fsp3) is 0.0833. The van der Waals surface area contributed by atoms with E-state index in [4.69, 9.17) is 23.2 Å². The van der Waals surface area contributed by atoms with Crippen LogP contribution in [0.4, 0.5) is 11.4 Å². The molecule has 0 aliphatic carbocycles. The lowest BCUT2D eigenvalue weighted by Gasteiger charge is -2.13. The third-order valence-corrected chi connectivity index (χ3v) is 5.41. The van der Waals surface area contributed by atoms with E-state index in [0.29, 0.717) is 21.2 Å². The topological polar surface area (TPSA) is 54.0 Å². The Kier molecular flexibility index (Phi) is 6.17. The van der Waals surface area contributed by atoms with Crippen LogP contribution in [0.2, 0.25) is 10.0 Å². The highest BCUT2D eigenvalue weighted by Gasteiger charge is 2.16. The number of halogens is 2. The van der Waals surface area contributed by atoms with E-state index in [9.17, 15) is 4.79 Å². The maximum atomic E-state index is 12.8. The zero-order chi connectivity index (χ0) is 20.9. The molecule has 0 saturated carbocycles. The Labute approximate surface area is 184 Å². The van der Waals surface area contributed by atoms with Crippen molar-refractivity contribution in [3.8, 4) is 0 Å². The van der Waals surface area contributed by atoms with E-state index in [1.165, 1.54) is 5.56 Å². The van der Waals surface area contributed by atoms with Gasteiger partial charge in [0.15, 0.2) is 0 Å². The Balaban J connectivity index is 1.57. The molecule has 4 rings (SSSR count). The summed E-state index contributed by atoms with van der Waals surface area (Å²) in [6, 6.07) is 22.9. The summed E-state index contributed by atoms with van der Waals surface area (Å²) in [6.07, 6.45) is 2.64. The fourth-order valence-electron chi connectivity index (χ4n) is 3.32. The van der Waals surface area contributed by atoms with E-state index in [1.54, 1.807) is 24.4 Å². The third kappa shape index (κ3) is 4.40. The van der Waals surface area contributed by atoms with Gasteiger partial charge in [-0.25, -0.2) is 0 Å². The van der Waals surface area contributed by atoms with Gasteiger partial charge in [-0.05, 0) is 36.2 Å². The Morgan fingerprint density at radius 2 is 1.57 bits per heavy atom. The molecule has 6 heteroatoms. The average molecular weight is 436 g/mol. The normalized spacial score (nSPS) is 10.7. The van der Waals surface area contributed by atoms with E-state index in [0.717, 1.165) is 24.0 Å². The van der Waals surface area contributed by atoms with Gasteiger partial charge >= 0.3 is 0 Å². The molecular weight excluding hydrogens is 417 g/mol. The number of nitrogens with one attached hydrogen (secondary N) is 2. The largest absolute Gasteiger partial charge is 0.384 e. The number of hydrogen-bond donors (Lipinski definition) is 2. The van der Waals surface area contributed by atoms with Crippen molar-refractivity contribution in [2.24, 2.45) is 0 Å². The van der Waals surface area contributed by atoms with E-state index in [1.807, 2.05) is 42.5 Å². The van der Waals surface area contributed by atoms with Crippen LogP contribution in [0.3, 0.4) is 0 Å². The number of fused-ring (bicyclic) bond motifs is 1. The van der Waals surface area contributed by atoms with Gasteiger partial charge in [-0.2, -0.15) is 0 Å². The Bertz CT molecular complexity index is 1180. The van der Waals surface area contributed by atoms with Gasteiger partial charge < -0.3 is 10.6 Å². The number of pyridine rings is 1. The fourth-order valence-corrected chi connectivity index (χ4v) is 3.89. The molecule has 0 atom stereocenters. The molecule has 0 bridgehead atoms. The van der Waals surface area contributed by atoms with Crippen molar-refractivity contribution >= 4 is 51.4 Å². The number of rotatable bonds is 6. The van der Waals surface area contributed by atoms with Gasteiger partial charge in [-0.1, -0.05) is 71.7 Å². The Morgan fingerprint density at radius 3 is 2.33 bits per heavy atom. The maximum absolute atomic E-state index is 12.8. The van der Waals surface area contributed by atoms with Crippen molar-refractivity contribution in [3.63, 3.8) is 0 Å². The van der Waals surface area contributed by atoms with E-state index < -0.39 is 0 Å². The third-order valence-electron chi connectivity index (χ3n) is 4.78. The van der Waals surface area contributed by atoms with Crippen LogP contribution in [-0.2, 0) is 6.42 Å². The lowest BCUT2D eigenvalue weighted by atomic mass is 10.1. The molecule has 0 radical (unpaired) electrons. The summed E-state index contributed by atoms with van der Waals surface area (Å²) in [4.78, 5) is 17.3. The standard InChI is InChI=1S/C24H19Cl2N3O/c25-18-9-5-10-19(26)22(18)24(30)29-21-11-4-8-17-20(13-15-28-23(17)21)27-14-12-16-6-2-1-3-7-16/h1-11,13,15H,12,14H2,(H,27,28)(H,29,30). The average Bonchev–Trinajstić information content (AvgIpc) is 2.75. The summed E-state index contributed by atoms with van der Waals surface area (Å²) in [5.74, 6) is -0.373. The molecular formula is C24H19Cl2N3O. The maximum Gasteiger partial charge on any atom is 0.258 e. The molecule has 3 aromatic carbocycles. The summed E-state index contributed by atoms with van der Waals surface area (Å²) in [5, 5.41) is 7.89. The minimum absolute atomic E-state index is 0.245. The molecule has 150 valence electrons. The molecule has 1 aromatic heterocycles. The van der Waals surface area contributed by atoms with E-state index in [-0.39, 0.29) is 11.5 Å². The molecule has 0 fully saturated rings. The van der Waals surface area contributed by atoms with Crippen molar-refractivity contribution in [2.45, 2.75) is 6.42 Å². The zero-order valence-electron chi connectivity index (χ0n) is 16.0. The molecule has 0 aliphatic rings. The van der Waals surface area contributed by atoms with Crippen molar-refractivity contribution in [2.75, 3.05) is 17.2 Å². The van der Waals surface area contributed by atoms with Crippen LogP contribution in [-0.4, -0.2) is 17.4 Å². The number of aromatic nitrogens is 1. The highest BCUT2D eigenvalue weighted by molar-refractivity contribution is 6.40. The van der Waals surface area contributed by atoms with Gasteiger partial charge in [-0.15, -0.1) is 0 Å². The van der Waals surface area contributed by atoms with Crippen LogP contribution >= 0.6 is 23.2 Å². The predicted molar refractivity (Wildman–Crippen MR) is 125 cm³/mol. The first kappa shape index (κ1) is 20.2. The molecule has 4 aromatic rings. The number of amides is 1. The van der Waals surface area contributed by atoms with Crippen molar-refractivity contribution in [1.82, 2.24) is 4.98 Å². The molecule has 1 heterocycles. The smallest absolute Gasteiger partial charge is 0.258 e. The second-order valence-corrected chi connectivity index (χ2v) is 7.59. The van der Waals surface area contributed by atoms with Crippen LogP contribution in [0.15, 0.2) is 79.0 Å². The van der Waals surface area contributed by atoms with Crippen molar-refractivity contribution in [1.29, 1.82) is 0 Å². The number of carbonyl (C=O) groups is 1. The first-order chi connectivity index (χ1) is 14.6. The number of anilines is 2. The van der Waals surface area contributed by atoms with Gasteiger partial charge in [0.25, 0.3) is 5.91 Å². The number of hydrogen-bond acceptors (Lipinski definition) is 3. The van der Waals surface area contributed by atoms with Crippen LogP contribution in [0, 0.1) is 0 Å². The molecule has 4 nitrogen and oxygen atoms in total. The van der Waals surface area contributed by atoms with Crippen molar-refractivity contribution < 1.29 is 4.79 Å². The molecule has 1 amide bonds. The van der Waals surface area contributed by atoms with Gasteiger partial charge in [0, 0.05) is 23.8 Å². The van der Waals surface area contributed by atoms with Crippen LogP contribution < -0.4 is 10.6 Å². The molecule has 0 saturated heterocycles. The lowest BCUT2D eigenvalue weighted by Crippen LogP contribution is -2.14. The molecule has 2 N–H and O–H groups in total. The summed E-state index contributed by atoms with van der Waals surface area (Å²) in [6.45, 7) is 0.787. The quantitative estimate of drug-likeness (QED) is 0.365. The van der Waals surface area contributed by atoms with Gasteiger partial charge in [0.1, 0.15) is 0 Å². The van der Waals surface area contributed by atoms with Gasteiger partial charge in [0.2, 0.25) is 0 Å². The monoisotopic (exact) mass is 435 g/mol. The highest BCUT2D eigenvalue weighted by Crippen LogP contribution is 2.30. The number of benzene rings is 3. The van der Waals surface area contributed by atoms with E-state index >= 15 is 0 Å². The molecule has 0 unspecified atom stereocenters. The molecule has 0 spiro atoms. The van der Waals surface area contributed by atoms with Gasteiger partial charge in [-0.3, -0.25) is 9.78 Å². The molecule has 0 aliphatic heterocycles. The SMILES string of the molecule is O=C(Nc1cccc2c(NCCc3ccccc3)ccnc12)c1c(Cl)cccc1Cl. The van der Waals surface area contributed by atoms with E-state index in [2.05, 4.69) is 27.8 Å². The summed E-state index contributed by atoms with van der Waals surface area (Å²) >= 11 is 12.3. The van der Waals surface area contributed by atoms with Crippen LogP contribution in [0.25, 0.3) is 10.9 Å². The Morgan fingerprint density at radius 1 is 0.833 bits per heavy atom. The summed E-state index contributed by atoms with van der Waals surface area (Å²) < 4.78 is 0. The summed E-state index contributed by atoms with van der Waals surface area (Å²) in [5.41, 5.74) is 3.77. The van der Waals surface area contributed by atoms with Crippen LogP contribution in [0.1, 0.15) is 15.9 Å². The first-order valence-corrected chi connectivity index (χ1v) is 10.3. The first-order valence-electron chi connectivity index (χ1n) is 9.54. The number of carbonyl (C=O) groups excluding carboxylic acids is 1. The van der Waals surface area contributed by atoms with Crippen molar-refractivity contribution in [3.05, 3.63) is 100 Å². The molecule has 30 heavy (non-hydrogen) atoms.